The highest BCUT2D eigenvalue weighted by molar-refractivity contribution is 7.99. The lowest BCUT2D eigenvalue weighted by Crippen LogP contribution is -2.42. The maximum atomic E-state index is 14.7. The summed E-state index contributed by atoms with van der Waals surface area (Å²) in [6, 6.07) is 1.55. The number of carbonyl (C=O) groups is 1. The summed E-state index contributed by atoms with van der Waals surface area (Å²) in [5.74, 6) is -1.34. The first-order valence-corrected chi connectivity index (χ1v) is 12.9. The Labute approximate surface area is 202 Å². The molecule has 1 aromatic heterocycles. The maximum Gasteiger partial charge on any atom is 0.410 e. The van der Waals surface area contributed by atoms with Crippen LogP contribution in [0.15, 0.2) is 10.9 Å². The summed E-state index contributed by atoms with van der Waals surface area (Å²) in [4.78, 5) is 33.5. The maximum absolute atomic E-state index is 14.7. The Morgan fingerprint density at radius 2 is 1.88 bits per heavy atom. The lowest BCUT2D eigenvalue weighted by Gasteiger charge is -2.33. The fraction of sp³-hybridized carbons (Fsp3) is 0.625. The monoisotopic (exact) mass is 494 g/mol. The van der Waals surface area contributed by atoms with Crippen LogP contribution in [-0.2, 0) is 10.5 Å². The van der Waals surface area contributed by atoms with Gasteiger partial charge in [0.05, 0.1) is 17.0 Å². The Balaban J connectivity index is 1.41. The molecule has 0 radical (unpaired) electrons. The minimum Gasteiger partial charge on any atom is -0.444 e. The molecule has 186 valence electrons. The Bertz CT molecular complexity index is 1100. The number of anilines is 1. The first-order valence-electron chi connectivity index (χ1n) is 11.9. The number of hydrogen-bond donors (Lipinski definition) is 2. The van der Waals surface area contributed by atoms with Crippen molar-refractivity contribution >= 4 is 34.4 Å². The lowest BCUT2D eigenvalue weighted by molar-refractivity contribution is 0.0219. The molecule has 1 aliphatic heterocycles. The number of benzene rings is 1. The van der Waals surface area contributed by atoms with Gasteiger partial charge in [0.25, 0.3) is 5.56 Å². The number of H-pyrrole nitrogens is 1. The van der Waals surface area contributed by atoms with Crippen LogP contribution in [0.25, 0.3) is 10.9 Å². The number of aromatic nitrogens is 2. The second-order valence-corrected chi connectivity index (χ2v) is 11.4. The first-order chi connectivity index (χ1) is 16.1. The average Bonchev–Trinajstić information content (AvgIpc) is 3.28. The van der Waals surface area contributed by atoms with Crippen LogP contribution in [-0.4, -0.2) is 50.9 Å². The molecule has 4 rings (SSSR count). The summed E-state index contributed by atoms with van der Waals surface area (Å²) in [6.07, 6.45) is 5.25. The highest BCUT2D eigenvalue weighted by Crippen LogP contribution is 2.30. The number of carbonyl (C=O) groups excluding carboxylic acids is 1. The van der Waals surface area contributed by atoms with Gasteiger partial charge in [0.2, 0.25) is 0 Å². The van der Waals surface area contributed by atoms with E-state index in [2.05, 4.69) is 15.3 Å². The number of amides is 1. The molecule has 2 aromatic rings. The van der Waals surface area contributed by atoms with Crippen LogP contribution >= 0.6 is 11.8 Å². The minimum atomic E-state index is -1.17. The van der Waals surface area contributed by atoms with E-state index in [4.69, 9.17) is 4.74 Å². The summed E-state index contributed by atoms with van der Waals surface area (Å²) in [7, 11) is 0. The molecule has 0 spiro atoms. The third kappa shape index (κ3) is 5.82. The number of ether oxygens (including phenoxy) is 1. The molecule has 34 heavy (non-hydrogen) atoms. The minimum absolute atomic E-state index is 0.0584. The number of likely N-dealkylation sites (tertiary alicyclic amines) is 1. The smallest absolute Gasteiger partial charge is 0.410 e. The first kappa shape index (κ1) is 24.8. The van der Waals surface area contributed by atoms with Gasteiger partial charge in [-0.05, 0) is 52.5 Å². The van der Waals surface area contributed by atoms with E-state index < -0.39 is 22.8 Å². The van der Waals surface area contributed by atoms with E-state index in [-0.39, 0.29) is 28.7 Å². The van der Waals surface area contributed by atoms with Crippen LogP contribution in [0.3, 0.4) is 0 Å². The fourth-order valence-corrected chi connectivity index (χ4v) is 5.55. The summed E-state index contributed by atoms with van der Waals surface area (Å²) in [5.41, 5.74) is -0.990. The molecular weight excluding hydrogens is 462 g/mol. The van der Waals surface area contributed by atoms with E-state index >= 15 is 0 Å². The molecule has 7 nitrogen and oxygen atoms in total. The van der Waals surface area contributed by atoms with Gasteiger partial charge in [-0.2, -0.15) is 11.8 Å². The number of hydrogen-bond acceptors (Lipinski definition) is 6. The number of aromatic amines is 1. The Morgan fingerprint density at radius 3 is 2.53 bits per heavy atom. The number of halogens is 2. The van der Waals surface area contributed by atoms with Crippen LogP contribution in [0.5, 0.6) is 0 Å². The number of fused-ring (bicyclic) bond motifs is 1. The van der Waals surface area contributed by atoms with Crippen molar-refractivity contribution in [1.29, 1.82) is 0 Å². The number of piperidine rings is 1. The van der Waals surface area contributed by atoms with Gasteiger partial charge in [0.1, 0.15) is 16.8 Å². The van der Waals surface area contributed by atoms with Crippen LogP contribution in [0.1, 0.15) is 65.1 Å². The average molecular weight is 495 g/mol. The van der Waals surface area contributed by atoms with E-state index in [0.717, 1.165) is 38.5 Å². The van der Waals surface area contributed by atoms with Crippen molar-refractivity contribution in [1.82, 2.24) is 14.9 Å². The number of thioether (sulfide) groups is 1. The highest BCUT2D eigenvalue weighted by Gasteiger charge is 2.27. The van der Waals surface area contributed by atoms with Gasteiger partial charge in [0, 0.05) is 24.4 Å². The Hall–Kier alpha value is -2.36. The molecule has 10 heteroatoms. The highest BCUT2D eigenvalue weighted by atomic mass is 32.2. The van der Waals surface area contributed by atoms with Crippen molar-refractivity contribution in [2.24, 2.45) is 0 Å². The van der Waals surface area contributed by atoms with E-state index in [9.17, 15) is 18.4 Å². The molecule has 0 unspecified atom stereocenters. The number of nitrogens with zero attached hydrogens (tertiary/aromatic N) is 2. The molecule has 1 saturated carbocycles. The van der Waals surface area contributed by atoms with Crippen molar-refractivity contribution in [3.05, 3.63) is 33.9 Å². The lowest BCUT2D eigenvalue weighted by atomic mass is 10.1. The second kappa shape index (κ2) is 10.1. The quantitative estimate of drug-likeness (QED) is 0.595. The molecule has 1 amide bonds. The SMILES string of the molecule is CC(C)(C)OC(=O)N1CCC(SCc2nc3cc(NC4CCCC4)c(F)c(F)c3c(=O)[nH]2)CC1. The van der Waals surface area contributed by atoms with Crippen LogP contribution in [0.2, 0.25) is 0 Å². The normalized spacial score (nSPS) is 18.0. The largest absolute Gasteiger partial charge is 0.444 e. The van der Waals surface area contributed by atoms with Gasteiger partial charge in [-0.15, -0.1) is 0 Å². The van der Waals surface area contributed by atoms with Gasteiger partial charge in [-0.25, -0.2) is 18.6 Å². The molecule has 1 aliphatic carbocycles. The number of nitrogens with one attached hydrogen (secondary N) is 2. The van der Waals surface area contributed by atoms with Crippen molar-refractivity contribution in [2.75, 3.05) is 18.4 Å². The summed E-state index contributed by atoms with van der Waals surface area (Å²) >= 11 is 1.64. The fourth-order valence-electron chi connectivity index (χ4n) is 4.48. The zero-order valence-corrected chi connectivity index (χ0v) is 20.7. The zero-order chi connectivity index (χ0) is 24.5. The molecule has 0 atom stereocenters. The van der Waals surface area contributed by atoms with E-state index in [0.29, 0.717) is 29.9 Å². The van der Waals surface area contributed by atoms with Gasteiger partial charge in [0.15, 0.2) is 11.6 Å². The molecule has 2 aliphatic rings. The molecule has 0 bridgehead atoms. The Kier molecular flexibility index (Phi) is 7.35. The van der Waals surface area contributed by atoms with E-state index in [1.807, 2.05) is 20.8 Å². The topological polar surface area (TPSA) is 87.3 Å². The molecule has 2 N–H and O–H groups in total. The van der Waals surface area contributed by atoms with E-state index in [1.165, 1.54) is 6.07 Å². The van der Waals surface area contributed by atoms with Crippen molar-refractivity contribution in [2.45, 2.75) is 81.9 Å². The Morgan fingerprint density at radius 1 is 1.21 bits per heavy atom. The predicted molar refractivity (Wildman–Crippen MR) is 130 cm³/mol. The summed E-state index contributed by atoms with van der Waals surface area (Å²) in [6.45, 7) is 6.75. The van der Waals surface area contributed by atoms with Crippen LogP contribution in [0, 0.1) is 11.6 Å². The van der Waals surface area contributed by atoms with Gasteiger partial charge >= 0.3 is 6.09 Å². The van der Waals surface area contributed by atoms with Crippen LogP contribution in [0.4, 0.5) is 19.3 Å². The third-order valence-electron chi connectivity index (χ3n) is 6.19. The molecule has 2 heterocycles. The van der Waals surface area contributed by atoms with Gasteiger partial charge < -0.3 is 19.9 Å². The third-order valence-corrected chi connectivity index (χ3v) is 7.57. The van der Waals surface area contributed by atoms with Crippen molar-refractivity contribution < 1.29 is 18.3 Å². The molecule has 2 fully saturated rings. The second-order valence-electron chi connectivity index (χ2n) is 10.1. The summed E-state index contributed by atoms with van der Waals surface area (Å²) < 4.78 is 34.7. The van der Waals surface area contributed by atoms with Crippen molar-refractivity contribution in [3.63, 3.8) is 0 Å². The summed E-state index contributed by atoms with van der Waals surface area (Å²) in [5, 5.41) is 3.02. The van der Waals surface area contributed by atoms with Crippen LogP contribution < -0.4 is 10.9 Å². The van der Waals surface area contributed by atoms with E-state index in [1.54, 1.807) is 16.7 Å². The van der Waals surface area contributed by atoms with Crippen molar-refractivity contribution in [3.8, 4) is 0 Å². The number of rotatable bonds is 5. The van der Waals surface area contributed by atoms with Gasteiger partial charge in [-0.1, -0.05) is 12.8 Å². The van der Waals surface area contributed by atoms with Gasteiger partial charge in [-0.3, -0.25) is 4.79 Å². The molecule has 1 aromatic carbocycles. The zero-order valence-electron chi connectivity index (χ0n) is 19.9. The standard InChI is InChI=1S/C24H32F2N4O3S/c1-24(2,3)33-23(32)30-10-8-15(9-11-30)34-13-18-28-16-12-17(27-14-6-4-5-7-14)20(25)21(26)19(16)22(31)29-18/h12,14-15,27H,4-11,13H2,1-3H3,(H,28,29,31). The molecule has 1 saturated heterocycles. The predicted octanol–water partition coefficient (Wildman–Crippen LogP) is 5.19. The molecular formula is C24H32F2N4O3S.